The summed E-state index contributed by atoms with van der Waals surface area (Å²) in [4.78, 5) is 12.7. The number of nitrogens with zero attached hydrogens (tertiary/aromatic N) is 3. The monoisotopic (exact) mass is 468 g/mol. The molecule has 9 heteroatoms. The first-order valence-corrected chi connectivity index (χ1v) is 12.7. The highest BCUT2D eigenvalue weighted by atomic mass is 32.2. The number of aromatic nitrogens is 2. The molecular formula is C24H28N4O4S. The van der Waals surface area contributed by atoms with E-state index in [4.69, 9.17) is 4.42 Å². The number of carbonyl (C=O) groups is 1. The number of aryl methyl sites for hydroxylation is 2. The zero-order valence-electron chi connectivity index (χ0n) is 18.7. The molecule has 174 valence electrons. The summed E-state index contributed by atoms with van der Waals surface area (Å²) in [5, 5.41) is 10.8. The normalized spacial score (nSPS) is 15.2. The third-order valence-corrected chi connectivity index (χ3v) is 7.75. The highest BCUT2D eigenvalue weighted by Crippen LogP contribution is 2.26. The molecule has 0 atom stereocenters. The largest absolute Gasteiger partial charge is 0.421 e. The van der Waals surface area contributed by atoms with Gasteiger partial charge in [0.05, 0.1) is 4.90 Å². The Balaban J connectivity index is 1.40. The Morgan fingerprint density at radius 1 is 1.03 bits per heavy atom. The van der Waals surface area contributed by atoms with Gasteiger partial charge < -0.3 is 9.73 Å². The van der Waals surface area contributed by atoms with E-state index in [2.05, 4.69) is 15.5 Å². The molecule has 8 nitrogen and oxygen atoms in total. The summed E-state index contributed by atoms with van der Waals surface area (Å²) >= 11 is 0. The minimum Gasteiger partial charge on any atom is -0.421 e. The van der Waals surface area contributed by atoms with Crippen LogP contribution in [0.5, 0.6) is 0 Å². The van der Waals surface area contributed by atoms with Gasteiger partial charge in [0.25, 0.3) is 0 Å². The molecule has 4 rings (SSSR count). The van der Waals surface area contributed by atoms with Crippen LogP contribution in [0.1, 0.15) is 43.6 Å². The number of sulfonamides is 1. The second-order valence-electron chi connectivity index (χ2n) is 8.21. The fraction of sp³-hybridized carbons (Fsp3) is 0.375. The summed E-state index contributed by atoms with van der Waals surface area (Å²) in [6, 6.07) is 14.4. The highest BCUT2D eigenvalue weighted by Gasteiger charge is 2.27. The molecule has 1 aliphatic heterocycles. The molecule has 2 aromatic carbocycles. The van der Waals surface area contributed by atoms with Crippen molar-refractivity contribution in [3.63, 3.8) is 0 Å². The van der Waals surface area contributed by atoms with Gasteiger partial charge in [0.2, 0.25) is 27.7 Å². The molecule has 33 heavy (non-hydrogen) atoms. The van der Waals surface area contributed by atoms with E-state index in [1.807, 2.05) is 30.3 Å². The second-order valence-corrected chi connectivity index (χ2v) is 10.1. The van der Waals surface area contributed by atoms with Gasteiger partial charge in [0.15, 0.2) is 0 Å². The van der Waals surface area contributed by atoms with Crippen molar-refractivity contribution in [2.24, 2.45) is 0 Å². The number of anilines is 1. The number of hydrogen-bond donors (Lipinski definition) is 1. The Labute approximate surface area is 194 Å². The standard InChI is InChI=1S/C24H28N4O4S/c1-18-11-12-20(17-21(18)33(30,31)28-15-7-2-3-8-16-28)25-22(29)13-14-23-26-27-24(32-23)19-9-5-4-6-10-19/h4-6,9-12,17H,2-3,7-8,13-16H2,1H3,(H,25,29). The zero-order valence-corrected chi connectivity index (χ0v) is 19.5. The van der Waals surface area contributed by atoms with E-state index in [1.54, 1.807) is 29.4 Å². The average Bonchev–Trinajstić information content (AvgIpc) is 3.11. The van der Waals surface area contributed by atoms with Gasteiger partial charge >= 0.3 is 0 Å². The van der Waals surface area contributed by atoms with Crippen LogP contribution in [0.25, 0.3) is 11.5 Å². The minimum absolute atomic E-state index is 0.137. The molecule has 1 saturated heterocycles. The lowest BCUT2D eigenvalue weighted by Crippen LogP contribution is -2.32. The van der Waals surface area contributed by atoms with Gasteiger partial charge in [-0.2, -0.15) is 4.31 Å². The van der Waals surface area contributed by atoms with Crippen molar-refractivity contribution in [1.29, 1.82) is 0 Å². The summed E-state index contributed by atoms with van der Waals surface area (Å²) in [6.07, 6.45) is 4.27. The third-order valence-electron chi connectivity index (χ3n) is 5.71. The molecule has 1 aliphatic rings. The molecule has 0 saturated carbocycles. The van der Waals surface area contributed by atoms with Gasteiger partial charge in [-0.3, -0.25) is 4.79 Å². The number of carbonyl (C=O) groups excluding carboxylic acids is 1. The summed E-state index contributed by atoms with van der Waals surface area (Å²) in [5.41, 5.74) is 1.93. The molecule has 0 bridgehead atoms. The van der Waals surface area contributed by atoms with Crippen LogP contribution in [0.2, 0.25) is 0 Å². The van der Waals surface area contributed by atoms with E-state index in [-0.39, 0.29) is 23.6 Å². The third kappa shape index (κ3) is 5.66. The fourth-order valence-corrected chi connectivity index (χ4v) is 5.64. The first-order chi connectivity index (χ1) is 15.9. The fourth-order valence-electron chi connectivity index (χ4n) is 3.87. The van der Waals surface area contributed by atoms with Crippen LogP contribution in [0.4, 0.5) is 5.69 Å². The highest BCUT2D eigenvalue weighted by molar-refractivity contribution is 7.89. The van der Waals surface area contributed by atoms with Crippen LogP contribution < -0.4 is 5.32 Å². The van der Waals surface area contributed by atoms with Gasteiger partial charge in [-0.15, -0.1) is 10.2 Å². The summed E-state index contributed by atoms with van der Waals surface area (Å²) < 4.78 is 33.6. The molecular weight excluding hydrogens is 440 g/mol. The summed E-state index contributed by atoms with van der Waals surface area (Å²) in [5.74, 6) is 0.529. The quantitative estimate of drug-likeness (QED) is 0.558. The smallest absolute Gasteiger partial charge is 0.247 e. The van der Waals surface area contributed by atoms with Gasteiger partial charge in [0, 0.05) is 37.2 Å². The number of nitrogens with one attached hydrogen (secondary N) is 1. The van der Waals surface area contributed by atoms with Gasteiger partial charge in [-0.25, -0.2) is 8.42 Å². The van der Waals surface area contributed by atoms with Crippen LogP contribution >= 0.6 is 0 Å². The predicted octanol–water partition coefficient (Wildman–Crippen LogP) is 4.18. The maximum Gasteiger partial charge on any atom is 0.247 e. The van der Waals surface area contributed by atoms with Crippen molar-refractivity contribution in [2.45, 2.75) is 50.3 Å². The summed E-state index contributed by atoms with van der Waals surface area (Å²) in [7, 11) is -3.60. The molecule has 0 radical (unpaired) electrons. The Bertz CT molecular complexity index is 1200. The van der Waals surface area contributed by atoms with E-state index in [1.165, 1.54) is 0 Å². The lowest BCUT2D eigenvalue weighted by atomic mass is 10.2. The predicted molar refractivity (Wildman–Crippen MR) is 125 cm³/mol. The molecule has 0 unspecified atom stereocenters. The van der Waals surface area contributed by atoms with E-state index in [9.17, 15) is 13.2 Å². The van der Waals surface area contributed by atoms with Crippen molar-refractivity contribution in [3.05, 3.63) is 60.0 Å². The van der Waals surface area contributed by atoms with Crippen LogP contribution in [0, 0.1) is 6.92 Å². The van der Waals surface area contributed by atoms with Crippen LogP contribution in [0.3, 0.4) is 0 Å². The molecule has 3 aromatic rings. The van der Waals surface area contributed by atoms with Crippen molar-refractivity contribution < 1.29 is 17.6 Å². The second kappa shape index (κ2) is 10.3. The maximum absolute atomic E-state index is 13.2. The Kier molecular flexibility index (Phi) is 7.20. The molecule has 1 fully saturated rings. The number of hydrogen-bond acceptors (Lipinski definition) is 6. The first kappa shape index (κ1) is 23.1. The van der Waals surface area contributed by atoms with Gasteiger partial charge in [0.1, 0.15) is 0 Å². The van der Waals surface area contributed by atoms with E-state index in [0.29, 0.717) is 36.1 Å². The van der Waals surface area contributed by atoms with E-state index >= 15 is 0 Å². The number of rotatable bonds is 7. The summed E-state index contributed by atoms with van der Waals surface area (Å²) in [6.45, 7) is 2.84. The zero-order chi connectivity index (χ0) is 23.3. The lowest BCUT2D eigenvalue weighted by Gasteiger charge is -2.21. The lowest BCUT2D eigenvalue weighted by molar-refractivity contribution is -0.116. The van der Waals surface area contributed by atoms with E-state index < -0.39 is 10.0 Å². The van der Waals surface area contributed by atoms with Crippen molar-refractivity contribution in [2.75, 3.05) is 18.4 Å². The Hall–Kier alpha value is -3.04. The average molecular weight is 469 g/mol. The van der Waals surface area contributed by atoms with Gasteiger partial charge in [-0.1, -0.05) is 37.1 Å². The van der Waals surface area contributed by atoms with Crippen molar-refractivity contribution >= 4 is 21.6 Å². The van der Waals surface area contributed by atoms with Crippen LogP contribution in [0.15, 0.2) is 57.8 Å². The van der Waals surface area contributed by atoms with Crippen LogP contribution in [-0.4, -0.2) is 41.9 Å². The minimum atomic E-state index is -3.60. The SMILES string of the molecule is Cc1ccc(NC(=O)CCc2nnc(-c3ccccc3)o2)cc1S(=O)(=O)N1CCCCCC1. The maximum atomic E-state index is 13.2. The molecule has 0 spiro atoms. The van der Waals surface area contributed by atoms with E-state index in [0.717, 1.165) is 31.2 Å². The first-order valence-electron chi connectivity index (χ1n) is 11.2. The van der Waals surface area contributed by atoms with Crippen molar-refractivity contribution in [1.82, 2.24) is 14.5 Å². The Morgan fingerprint density at radius 3 is 2.48 bits per heavy atom. The number of amides is 1. The number of benzene rings is 2. The Morgan fingerprint density at radius 2 is 1.76 bits per heavy atom. The molecule has 1 N–H and O–H groups in total. The molecule has 1 amide bonds. The van der Waals surface area contributed by atoms with Crippen LogP contribution in [-0.2, 0) is 21.2 Å². The molecule has 0 aliphatic carbocycles. The molecule has 2 heterocycles. The van der Waals surface area contributed by atoms with Gasteiger partial charge in [-0.05, 0) is 49.6 Å². The topological polar surface area (TPSA) is 105 Å². The molecule has 1 aromatic heterocycles. The van der Waals surface area contributed by atoms with Crippen molar-refractivity contribution in [3.8, 4) is 11.5 Å².